The summed E-state index contributed by atoms with van der Waals surface area (Å²) >= 11 is 6.24. The number of rotatable bonds is 5. The summed E-state index contributed by atoms with van der Waals surface area (Å²) in [6, 6.07) is 9.69. The molecule has 0 bridgehead atoms. The van der Waals surface area contributed by atoms with Crippen LogP contribution in [-0.2, 0) is 10.0 Å². The van der Waals surface area contributed by atoms with E-state index in [-0.39, 0.29) is 15.7 Å². The van der Waals surface area contributed by atoms with E-state index in [0.717, 1.165) is 5.56 Å². The maximum atomic E-state index is 12.1. The van der Waals surface area contributed by atoms with Gasteiger partial charge in [0.1, 0.15) is 5.75 Å². The highest BCUT2D eigenvalue weighted by Gasteiger charge is 2.17. The fourth-order valence-corrected chi connectivity index (χ4v) is 3.69. The third-order valence-corrected chi connectivity index (χ3v) is 5.08. The number of phenols is 1. The van der Waals surface area contributed by atoms with Crippen molar-refractivity contribution < 1.29 is 13.5 Å². The lowest BCUT2D eigenvalue weighted by molar-refractivity contribution is 0.477. The van der Waals surface area contributed by atoms with E-state index >= 15 is 0 Å². The number of halogens is 1. The van der Waals surface area contributed by atoms with Crippen molar-refractivity contribution >= 4 is 21.6 Å². The van der Waals surface area contributed by atoms with Crippen molar-refractivity contribution in [2.45, 2.75) is 25.2 Å². The Labute approximate surface area is 135 Å². The Morgan fingerprint density at radius 1 is 1.23 bits per heavy atom. The fraction of sp³-hybridized carbons (Fsp3) is 0.250. The van der Waals surface area contributed by atoms with Gasteiger partial charge in [0.05, 0.1) is 4.90 Å². The average Bonchev–Trinajstić information content (AvgIpc) is 2.46. The molecule has 22 heavy (non-hydrogen) atoms. The van der Waals surface area contributed by atoms with Gasteiger partial charge < -0.3 is 5.11 Å². The van der Waals surface area contributed by atoms with Gasteiger partial charge in [0.25, 0.3) is 0 Å². The fourth-order valence-electron chi connectivity index (χ4n) is 2.19. The molecule has 2 N–H and O–H groups in total. The highest BCUT2D eigenvalue weighted by molar-refractivity contribution is 7.89. The molecular formula is C16H18ClNO3S. The minimum atomic E-state index is -3.56. The predicted octanol–water partition coefficient (Wildman–Crippen LogP) is 3.71. The van der Waals surface area contributed by atoms with Crippen molar-refractivity contribution in [2.24, 2.45) is 0 Å². The van der Waals surface area contributed by atoms with Gasteiger partial charge in [-0.05, 0) is 37.1 Å². The van der Waals surface area contributed by atoms with Gasteiger partial charge in [0.2, 0.25) is 10.0 Å². The number of hydrogen-bond acceptors (Lipinski definition) is 3. The van der Waals surface area contributed by atoms with Gasteiger partial charge in [0, 0.05) is 22.7 Å². The Balaban J connectivity index is 2.47. The molecule has 0 aliphatic heterocycles. The van der Waals surface area contributed by atoms with Gasteiger partial charge in [-0.15, -0.1) is 0 Å². The van der Waals surface area contributed by atoms with Crippen LogP contribution in [0.5, 0.6) is 5.75 Å². The molecule has 6 heteroatoms. The molecule has 0 unspecified atom stereocenters. The van der Waals surface area contributed by atoms with Crippen LogP contribution in [-0.4, -0.2) is 20.1 Å². The average molecular weight is 340 g/mol. The van der Waals surface area contributed by atoms with E-state index in [1.807, 2.05) is 19.9 Å². The predicted molar refractivity (Wildman–Crippen MR) is 88.8 cm³/mol. The summed E-state index contributed by atoms with van der Waals surface area (Å²) in [6.45, 7) is 4.12. The topological polar surface area (TPSA) is 66.4 Å². The molecule has 0 spiro atoms. The highest BCUT2D eigenvalue weighted by Crippen LogP contribution is 2.37. The molecule has 4 nitrogen and oxygen atoms in total. The summed E-state index contributed by atoms with van der Waals surface area (Å²) in [5.41, 5.74) is 2.08. The normalized spacial score (nSPS) is 11.6. The van der Waals surface area contributed by atoms with Crippen molar-refractivity contribution in [3.05, 3.63) is 47.0 Å². The van der Waals surface area contributed by atoms with Crippen LogP contribution in [0.4, 0.5) is 0 Å². The van der Waals surface area contributed by atoms with E-state index in [0.29, 0.717) is 24.1 Å². The summed E-state index contributed by atoms with van der Waals surface area (Å²) in [4.78, 5) is 0.114. The molecular weight excluding hydrogens is 322 g/mol. The molecule has 2 aromatic rings. The van der Waals surface area contributed by atoms with Crippen LogP contribution in [0.1, 0.15) is 18.9 Å². The summed E-state index contributed by atoms with van der Waals surface area (Å²) < 4.78 is 26.7. The van der Waals surface area contributed by atoms with E-state index in [1.54, 1.807) is 18.2 Å². The molecule has 0 atom stereocenters. The Morgan fingerprint density at radius 2 is 1.95 bits per heavy atom. The molecule has 0 fully saturated rings. The number of hydrogen-bond donors (Lipinski definition) is 2. The van der Waals surface area contributed by atoms with Gasteiger partial charge in [-0.2, -0.15) is 0 Å². The van der Waals surface area contributed by atoms with E-state index in [9.17, 15) is 13.5 Å². The third kappa shape index (κ3) is 3.43. The van der Waals surface area contributed by atoms with Gasteiger partial charge in [-0.1, -0.05) is 36.7 Å². The van der Waals surface area contributed by atoms with E-state index in [1.165, 1.54) is 12.1 Å². The zero-order chi connectivity index (χ0) is 16.3. The highest BCUT2D eigenvalue weighted by atomic mass is 35.5. The van der Waals surface area contributed by atoms with Gasteiger partial charge >= 0.3 is 0 Å². The van der Waals surface area contributed by atoms with Gasteiger partial charge in [0.15, 0.2) is 0 Å². The van der Waals surface area contributed by atoms with Gasteiger partial charge in [-0.3, -0.25) is 0 Å². The van der Waals surface area contributed by atoms with Gasteiger partial charge in [-0.25, -0.2) is 13.1 Å². The Bertz CT molecular complexity index is 768. The quantitative estimate of drug-likeness (QED) is 0.872. The van der Waals surface area contributed by atoms with Crippen molar-refractivity contribution in [2.75, 3.05) is 6.54 Å². The van der Waals surface area contributed by atoms with E-state index in [4.69, 9.17) is 11.6 Å². The van der Waals surface area contributed by atoms with Crippen molar-refractivity contribution in [3.63, 3.8) is 0 Å². The van der Waals surface area contributed by atoms with Crippen LogP contribution in [0.15, 0.2) is 41.3 Å². The molecule has 118 valence electrons. The lowest BCUT2D eigenvalue weighted by Gasteiger charge is -2.12. The second-order valence-corrected chi connectivity index (χ2v) is 7.18. The molecule has 0 aliphatic carbocycles. The minimum Gasteiger partial charge on any atom is -0.507 e. The smallest absolute Gasteiger partial charge is 0.240 e. The lowest BCUT2D eigenvalue weighted by atomic mass is 9.99. The minimum absolute atomic E-state index is 0.113. The molecule has 0 heterocycles. The third-order valence-electron chi connectivity index (χ3n) is 3.31. The molecule has 2 aromatic carbocycles. The summed E-state index contributed by atoms with van der Waals surface area (Å²) in [6.07, 6.45) is 0.710. The van der Waals surface area contributed by atoms with Crippen molar-refractivity contribution in [3.8, 4) is 16.9 Å². The number of benzene rings is 2. The molecule has 2 rings (SSSR count). The first-order valence-corrected chi connectivity index (χ1v) is 8.81. The molecule has 0 aromatic heterocycles. The summed E-state index contributed by atoms with van der Waals surface area (Å²) in [5, 5.41) is 10.3. The van der Waals surface area contributed by atoms with Crippen LogP contribution in [0.25, 0.3) is 11.1 Å². The number of phenolic OH excluding ortho intramolecular Hbond substituents is 1. The standard InChI is InChI=1S/C16H18ClNO3S/c1-3-9-18-22(20,21)12-7-8-13(14(17)10-12)16-11(2)5-4-6-15(16)19/h4-8,10,18-19H,3,9H2,1-2H3. The van der Waals surface area contributed by atoms with Crippen molar-refractivity contribution in [1.29, 1.82) is 0 Å². The Morgan fingerprint density at radius 3 is 2.55 bits per heavy atom. The Hall–Kier alpha value is -1.56. The molecule has 0 saturated heterocycles. The number of nitrogens with one attached hydrogen (secondary N) is 1. The lowest BCUT2D eigenvalue weighted by Crippen LogP contribution is -2.24. The largest absolute Gasteiger partial charge is 0.507 e. The van der Waals surface area contributed by atoms with Crippen LogP contribution in [0.3, 0.4) is 0 Å². The second-order valence-electron chi connectivity index (χ2n) is 5.01. The molecule has 0 amide bonds. The number of aryl methyl sites for hydroxylation is 1. The molecule has 0 radical (unpaired) electrons. The molecule has 0 aliphatic rings. The SMILES string of the molecule is CCCNS(=O)(=O)c1ccc(-c2c(C)cccc2O)c(Cl)c1. The van der Waals surface area contributed by atoms with Crippen LogP contribution >= 0.6 is 11.6 Å². The summed E-state index contributed by atoms with van der Waals surface area (Å²) in [7, 11) is -3.56. The van der Waals surface area contributed by atoms with Crippen molar-refractivity contribution in [1.82, 2.24) is 4.72 Å². The zero-order valence-electron chi connectivity index (χ0n) is 12.4. The maximum absolute atomic E-state index is 12.1. The number of aromatic hydroxyl groups is 1. The maximum Gasteiger partial charge on any atom is 0.240 e. The van der Waals surface area contributed by atoms with Crippen LogP contribution < -0.4 is 4.72 Å². The summed E-state index contributed by atoms with van der Waals surface area (Å²) in [5.74, 6) is 0.113. The second kappa shape index (κ2) is 6.69. The Kier molecular flexibility index (Phi) is 5.11. The number of sulfonamides is 1. The first kappa shape index (κ1) is 16.8. The monoisotopic (exact) mass is 339 g/mol. The van der Waals surface area contributed by atoms with E-state index in [2.05, 4.69) is 4.72 Å². The van der Waals surface area contributed by atoms with Crippen LogP contribution in [0, 0.1) is 6.92 Å². The first-order valence-electron chi connectivity index (χ1n) is 6.95. The first-order chi connectivity index (χ1) is 10.4. The zero-order valence-corrected chi connectivity index (χ0v) is 14.0. The van der Waals surface area contributed by atoms with E-state index < -0.39 is 10.0 Å². The molecule has 0 saturated carbocycles. The van der Waals surface area contributed by atoms with Crippen LogP contribution in [0.2, 0.25) is 5.02 Å².